The number of hydrogen-bond donors (Lipinski definition) is 3. The van der Waals surface area contributed by atoms with E-state index in [2.05, 4.69) is 17.4 Å². The molecular weight excluding hydrogens is 397 g/mol. The molecule has 8 heteroatoms. The summed E-state index contributed by atoms with van der Waals surface area (Å²) in [6, 6.07) is 9.88. The number of carbonyl (C=O) groups excluding carboxylic acids is 1. The van der Waals surface area contributed by atoms with Gasteiger partial charge in [-0.3, -0.25) is 4.79 Å². The van der Waals surface area contributed by atoms with Crippen LogP contribution in [0.1, 0.15) is 12.5 Å². The van der Waals surface area contributed by atoms with E-state index in [4.69, 9.17) is 21.1 Å². The molecule has 0 aliphatic carbocycles. The number of nitrogens with one attached hydrogen (secondary N) is 3. The number of amides is 1. The topological polar surface area (TPSA) is 56.4 Å². The number of piperazine rings is 1. The summed E-state index contributed by atoms with van der Waals surface area (Å²) in [6.45, 7) is 6.92. The summed E-state index contributed by atoms with van der Waals surface area (Å²) in [6.07, 6.45) is 0. The van der Waals surface area contributed by atoms with E-state index in [-0.39, 0.29) is 23.8 Å². The van der Waals surface area contributed by atoms with Crippen LogP contribution in [0.3, 0.4) is 0 Å². The normalized spacial score (nSPS) is 21.6. The molecule has 0 spiro atoms. The van der Waals surface area contributed by atoms with Crippen molar-refractivity contribution in [1.82, 2.24) is 0 Å². The van der Waals surface area contributed by atoms with Crippen molar-refractivity contribution >= 4 is 23.2 Å². The summed E-state index contributed by atoms with van der Waals surface area (Å²) >= 11 is 6.01. The van der Waals surface area contributed by atoms with Gasteiger partial charge in [-0.05, 0) is 43.3 Å². The Morgan fingerprint density at radius 3 is 2.66 bits per heavy atom. The Hall–Kier alpha value is -2.35. The molecule has 2 heterocycles. The largest absolute Gasteiger partial charge is 0.454 e. The quantitative estimate of drug-likeness (QED) is 0.659. The lowest BCUT2D eigenvalue weighted by Crippen LogP contribution is -3.29. The second kappa shape index (κ2) is 8.57. The van der Waals surface area contributed by atoms with Crippen molar-refractivity contribution in [3.8, 4) is 11.5 Å². The molecule has 3 N–H and O–H groups in total. The van der Waals surface area contributed by atoms with Crippen molar-refractivity contribution in [2.75, 3.05) is 38.3 Å². The second-order valence-corrected chi connectivity index (χ2v) is 8.01. The molecule has 6 nitrogen and oxygen atoms in total. The summed E-state index contributed by atoms with van der Waals surface area (Å²) in [5.41, 5.74) is 1.67. The predicted molar refractivity (Wildman–Crippen MR) is 107 cm³/mol. The summed E-state index contributed by atoms with van der Waals surface area (Å²) in [5.74, 6) is 1.09. The molecular formula is C21H25ClFN3O3+2. The molecule has 0 bridgehead atoms. The predicted octanol–water partition coefficient (Wildman–Crippen LogP) is 0.518. The van der Waals surface area contributed by atoms with Crippen LogP contribution < -0.4 is 24.6 Å². The minimum atomic E-state index is -0.423. The summed E-state index contributed by atoms with van der Waals surface area (Å²) < 4.78 is 24.0. The average molecular weight is 422 g/mol. The van der Waals surface area contributed by atoms with Gasteiger partial charge in [-0.2, -0.15) is 0 Å². The van der Waals surface area contributed by atoms with Crippen LogP contribution in [0.4, 0.5) is 10.1 Å². The first kappa shape index (κ1) is 19.9. The zero-order valence-corrected chi connectivity index (χ0v) is 17.0. The van der Waals surface area contributed by atoms with E-state index in [0.29, 0.717) is 5.69 Å². The number of halogens is 2. The first-order chi connectivity index (χ1) is 14.0. The van der Waals surface area contributed by atoms with Crippen molar-refractivity contribution in [3.05, 3.63) is 52.8 Å². The molecule has 2 aliphatic heterocycles. The Balaban J connectivity index is 1.29. The fourth-order valence-electron chi connectivity index (χ4n) is 3.89. The minimum absolute atomic E-state index is 0.104. The van der Waals surface area contributed by atoms with Crippen LogP contribution in [0.5, 0.6) is 11.5 Å². The molecule has 1 amide bonds. The first-order valence-electron chi connectivity index (χ1n) is 9.82. The molecule has 4 rings (SSSR count). The van der Waals surface area contributed by atoms with Crippen molar-refractivity contribution in [3.63, 3.8) is 0 Å². The van der Waals surface area contributed by atoms with Crippen LogP contribution in [0, 0.1) is 5.82 Å². The molecule has 29 heavy (non-hydrogen) atoms. The van der Waals surface area contributed by atoms with Crippen molar-refractivity contribution < 1.29 is 28.5 Å². The van der Waals surface area contributed by atoms with Gasteiger partial charge in [0.1, 0.15) is 38.5 Å². The fraction of sp³-hybridized carbons (Fsp3) is 0.381. The third kappa shape index (κ3) is 4.63. The lowest BCUT2D eigenvalue weighted by Gasteiger charge is -2.32. The summed E-state index contributed by atoms with van der Waals surface area (Å²) in [4.78, 5) is 15.3. The molecule has 2 aliphatic rings. The van der Waals surface area contributed by atoms with E-state index >= 15 is 0 Å². The highest BCUT2D eigenvalue weighted by Gasteiger charge is 2.31. The van der Waals surface area contributed by atoms with Gasteiger partial charge in [0.2, 0.25) is 6.79 Å². The third-order valence-corrected chi connectivity index (χ3v) is 6.00. The second-order valence-electron chi connectivity index (χ2n) is 7.61. The smallest absolute Gasteiger partial charge is 0.282 e. The number of quaternary nitrogens is 2. The number of carbonyl (C=O) groups is 1. The Bertz CT molecular complexity index is 903. The fourth-order valence-corrected chi connectivity index (χ4v) is 4.11. The van der Waals surface area contributed by atoms with Crippen LogP contribution >= 0.6 is 11.6 Å². The SMILES string of the molecule is C[C@H](C(=O)Nc1ccc(F)cc1Cl)[NH+]1CC[NH+](Cc2ccc3c(c2)OCO3)CC1. The monoisotopic (exact) mass is 421 g/mol. The maximum absolute atomic E-state index is 13.2. The summed E-state index contributed by atoms with van der Waals surface area (Å²) in [5, 5.41) is 3.03. The van der Waals surface area contributed by atoms with E-state index in [0.717, 1.165) is 44.2 Å². The number of ether oxygens (including phenoxy) is 2. The molecule has 1 atom stereocenters. The lowest BCUT2D eigenvalue weighted by molar-refractivity contribution is -1.02. The van der Waals surface area contributed by atoms with Crippen LogP contribution in [0.15, 0.2) is 36.4 Å². The highest BCUT2D eigenvalue weighted by molar-refractivity contribution is 6.33. The van der Waals surface area contributed by atoms with E-state index < -0.39 is 5.82 Å². The van der Waals surface area contributed by atoms with Gasteiger partial charge in [0.15, 0.2) is 17.5 Å². The average Bonchev–Trinajstić information content (AvgIpc) is 3.18. The van der Waals surface area contributed by atoms with E-state index in [9.17, 15) is 9.18 Å². The molecule has 2 aromatic rings. The van der Waals surface area contributed by atoms with Gasteiger partial charge < -0.3 is 24.6 Å². The first-order valence-corrected chi connectivity index (χ1v) is 10.2. The zero-order valence-electron chi connectivity index (χ0n) is 16.3. The standard InChI is InChI=1S/C21H23ClFN3O3/c1-14(21(27)24-18-4-3-16(23)11-17(18)22)26-8-6-25(7-9-26)12-15-2-5-19-20(10-15)29-13-28-19/h2-5,10-11,14H,6-9,12-13H2,1H3,(H,24,27)/p+2/t14-/m1/s1. The molecule has 0 saturated carbocycles. The van der Waals surface area contributed by atoms with Crippen LogP contribution in [0.2, 0.25) is 5.02 Å². The van der Waals surface area contributed by atoms with Crippen LogP contribution in [-0.2, 0) is 11.3 Å². The number of anilines is 1. The van der Waals surface area contributed by atoms with Crippen molar-refractivity contribution in [1.29, 1.82) is 0 Å². The maximum atomic E-state index is 13.2. The highest BCUT2D eigenvalue weighted by atomic mass is 35.5. The Morgan fingerprint density at radius 2 is 1.90 bits per heavy atom. The number of fused-ring (bicyclic) bond motifs is 1. The number of benzene rings is 2. The van der Waals surface area contributed by atoms with Gasteiger partial charge in [-0.15, -0.1) is 0 Å². The summed E-state index contributed by atoms with van der Waals surface area (Å²) in [7, 11) is 0. The molecule has 0 unspecified atom stereocenters. The van der Waals surface area contributed by atoms with Gasteiger partial charge >= 0.3 is 0 Å². The van der Waals surface area contributed by atoms with E-state index in [1.165, 1.54) is 33.6 Å². The highest BCUT2D eigenvalue weighted by Crippen LogP contribution is 2.32. The van der Waals surface area contributed by atoms with Gasteiger partial charge in [0, 0.05) is 5.56 Å². The van der Waals surface area contributed by atoms with E-state index in [1.807, 2.05) is 13.0 Å². The Kier molecular flexibility index (Phi) is 5.89. The lowest BCUT2D eigenvalue weighted by atomic mass is 10.1. The molecule has 1 saturated heterocycles. The van der Waals surface area contributed by atoms with Gasteiger partial charge in [-0.1, -0.05) is 11.6 Å². The molecule has 0 aromatic heterocycles. The van der Waals surface area contributed by atoms with Gasteiger partial charge in [-0.25, -0.2) is 4.39 Å². The Labute approximate surface area is 174 Å². The molecule has 1 fully saturated rings. The van der Waals surface area contributed by atoms with Gasteiger partial charge in [0.25, 0.3) is 5.91 Å². The van der Waals surface area contributed by atoms with Crippen molar-refractivity contribution in [2.24, 2.45) is 0 Å². The maximum Gasteiger partial charge on any atom is 0.282 e. The molecule has 2 aromatic carbocycles. The molecule has 154 valence electrons. The third-order valence-electron chi connectivity index (χ3n) is 5.69. The molecule has 0 radical (unpaired) electrons. The number of rotatable bonds is 5. The van der Waals surface area contributed by atoms with Crippen LogP contribution in [0.25, 0.3) is 0 Å². The number of hydrogen-bond acceptors (Lipinski definition) is 3. The minimum Gasteiger partial charge on any atom is -0.454 e. The van der Waals surface area contributed by atoms with E-state index in [1.54, 1.807) is 0 Å². The van der Waals surface area contributed by atoms with Gasteiger partial charge in [0.05, 0.1) is 10.7 Å². The van der Waals surface area contributed by atoms with Crippen molar-refractivity contribution in [2.45, 2.75) is 19.5 Å². The zero-order chi connectivity index (χ0) is 20.4. The van der Waals surface area contributed by atoms with Crippen LogP contribution in [-0.4, -0.2) is 44.9 Å². The Morgan fingerprint density at radius 1 is 1.14 bits per heavy atom.